The molecule has 1 heterocycles. The maximum absolute atomic E-state index is 3.67. The summed E-state index contributed by atoms with van der Waals surface area (Å²) in [7, 11) is 2.05. The van der Waals surface area contributed by atoms with E-state index in [4.69, 9.17) is 0 Å². The van der Waals surface area contributed by atoms with E-state index in [1.807, 2.05) is 0 Å². The van der Waals surface area contributed by atoms with Crippen LogP contribution in [0.1, 0.15) is 25.7 Å². The van der Waals surface area contributed by atoms with E-state index in [0.29, 0.717) is 5.54 Å². The molecule has 2 nitrogen and oxygen atoms in total. The molecule has 1 aliphatic carbocycles. The molecule has 0 unspecified atom stereocenters. The first-order valence-electron chi connectivity index (χ1n) is 4.74. The zero-order chi connectivity index (χ0) is 7.73. The van der Waals surface area contributed by atoms with E-state index in [9.17, 15) is 0 Å². The second-order valence-corrected chi connectivity index (χ2v) is 4.15. The number of hydrogen-bond acceptors (Lipinski definition) is 2. The van der Waals surface area contributed by atoms with Crippen LogP contribution in [0.2, 0.25) is 0 Å². The summed E-state index contributed by atoms with van der Waals surface area (Å²) in [6, 6.07) is 0. The van der Waals surface area contributed by atoms with Gasteiger partial charge in [0, 0.05) is 12.1 Å². The quantitative estimate of drug-likeness (QED) is 0.613. The highest BCUT2D eigenvalue weighted by atomic mass is 15.1. The molecule has 11 heavy (non-hydrogen) atoms. The Morgan fingerprint density at radius 2 is 2.55 bits per heavy atom. The molecule has 0 radical (unpaired) electrons. The van der Waals surface area contributed by atoms with E-state index in [1.54, 1.807) is 0 Å². The molecule has 2 heteroatoms. The van der Waals surface area contributed by atoms with Gasteiger partial charge < -0.3 is 10.6 Å². The molecular weight excluding hydrogens is 136 g/mol. The van der Waals surface area contributed by atoms with Crippen LogP contribution in [0.3, 0.4) is 0 Å². The zero-order valence-electron chi connectivity index (χ0n) is 7.32. The molecule has 0 aromatic heterocycles. The Morgan fingerprint density at radius 3 is 3.36 bits per heavy atom. The molecule has 64 valence electrons. The zero-order valence-corrected chi connectivity index (χ0v) is 7.32. The minimum Gasteiger partial charge on any atom is -0.318 e. The van der Waals surface area contributed by atoms with Crippen LogP contribution in [0.5, 0.6) is 0 Å². The lowest BCUT2D eigenvalue weighted by Gasteiger charge is -2.32. The molecule has 0 spiro atoms. The molecule has 2 atom stereocenters. The Labute approximate surface area is 68.7 Å². The molecule has 1 aliphatic heterocycles. The molecule has 0 aromatic rings. The first kappa shape index (κ1) is 7.56. The Balaban J connectivity index is 2.01. The summed E-state index contributed by atoms with van der Waals surface area (Å²) in [4.78, 5) is 0. The van der Waals surface area contributed by atoms with Crippen molar-refractivity contribution in [3.05, 3.63) is 0 Å². The van der Waals surface area contributed by atoms with Gasteiger partial charge in [0.2, 0.25) is 0 Å². The van der Waals surface area contributed by atoms with Gasteiger partial charge in [-0.2, -0.15) is 0 Å². The highest BCUT2D eigenvalue weighted by molar-refractivity contribution is 5.01. The number of likely N-dealkylation sites (N-methyl/N-ethyl adjacent to an activating group) is 1. The van der Waals surface area contributed by atoms with Crippen molar-refractivity contribution in [2.45, 2.75) is 31.2 Å². The third kappa shape index (κ3) is 1.30. The maximum Gasteiger partial charge on any atom is 0.0309 e. The Morgan fingerprint density at radius 1 is 1.64 bits per heavy atom. The number of rotatable bonds is 2. The van der Waals surface area contributed by atoms with Crippen molar-refractivity contribution < 1.29 is 0 Å². The lowest BCUT2D eigenvalue weighted by atomic mass is 9.80. The molecule has 2 bridgehead atoms. The number of nitrogens with one attached hydrogen (secondary N) is 2. The molecule has 2 fully saturated rings. The normalized spacial score (nSPS) is 42.8. The second kappa shape index (κ2) is 2.76. The fourth-order valence-electron chi connectivity index (χ4n) is 2.74. The first-order chi connectivity index (χ1) is 5.35. The van der Waals surface area contributed by atoms with Crippen LogP contribution in [-0.2, 0) is 0 Å². The Hall–Kier alpha value is -0.0800. The van der Waals surface area contributed by atoms with Crippen molar-refractivity contribution in [2.24, 2.45) is 5.92 Å². The van der Waals surface area contributed by atoms with Gasteiger partial charge in [-0.05, 0) is 38.8 Å². The second-order valence-electron chi connectivity index (χ2n) is 4.15. The van der Waals surface area contributed by atoms with Gasteiger partial charge in [-0.3, -0.25) is 0 Å². The number of fused-ring (bicyclic) bond motifs is 2. The summed E-state index contributed by atoms with van der Waals surface area (Å²) in [5.74, 6) is 0.983. The van der Waals surface area contributed by atoms with Gasteiger partial charge in [0.15, 0.2) is 0 Å². The summed E-state index contributed by atoms with van der Waals surface area (Å²) in [6.07, 6.45) is 5.68. The van der Waals surface area contributed by atoms with Crippen molar-refractivity contribution in [3.63, 3.8) is 0 Å². The molecule has 1 saturated heterocycles. The van der Waals surface area contributed by atoms with E-state index in [-0.39, 0.29) is 0 Å². The van der Waals surface area contributed by atoms with Crippen molar-refractivity contribution >= 4 is 0 Å². The lowest BCUT2D eigenvalue weighted by Crippen LogP contribution is -2.47. The van der Waals surface area contributed by atoms with Gasteiger partial charge in [-0.15, -0.1) is 0 Å². The van der Waals surface area contributed by atoms with Crippen molar-refractivity contribution in [1.82, 2.24) is 10.6 Å². The van der Waals surface area contributed by atoms with Gasteiger partial charge in [0.25, 0.3) is 0 Å². The Kier molecular flexibility index (Phi) is 1.90. The van der Waals surface area contributed by atoms with Gasteiger partial charge in [-0.25, -0.2) is 0 Å². The minimum atomic E-state index is 0.484. The van der Waals surface area contributed by atoms with E-state index < -0.39 is 0 Å². The monoisotopic (exact) mass is 154 g/mol. The molecule has 2 rings (SSSR count). The van der Waals surface area contributed by atoms with E-state index in [2.05, 4.69) is 17.7 Å². The topological polar surface area (TPSA) is 24.1 Å². The average Bonchev–Trinajstić information content (AvgIpc) is 2.28. The molecule has 2 aliphatic rings. The fourth-order valence-corrected chi connectivity index (χ4v) is 2.74. The highest BCUT2D eigenvalue weighted by Crippen LogP contribution is 2.36. The lowest BCUT2D eigenvalue weighted by molar-refractivity contribution is 0.277. The van der Waals surface area contributed by atoms with Crippen LogP contribution in [0.25, 0.3) is 0 Å². The summed E-state index contributed by atoms with van der Waals surface area (Å²) in [6.45, 7) is 2.42. The van der Waals surface area contributed by atoms with Crippen molar-refractivity contribution in [3.8, 4) is 0 Å². The third-order valence-electron chi connectivity index (χ3n) is 3.23. The van der Waals surface area contributed by atoms with Crippen molar-refractivity contribution in [2.75, 3.05) is 20.1 Å². The van der Waals surface area contributed by atoms with Crippen molar-refractivity contribution in [1.29, 1.82) is 0 Å². The fraction of sp³-hybridized carbons (Fsp3) is 1.00. The van der Waals surface area contributed by atoms with E-state index in [1.165, 1.54) is 32.2 Å². The highest BCUT2D eigenvalue weighted by Gasteiger charge is 2.40. The Bertz CT molecular complexity index is 137. The van der Waals surface area contributed by atoms with Crippen LogP contribution in [0, 0.1) is 5.92 Å². The average molecular weight is 154 g/mol. The molecule has 1 saturated carbocycles. The molecular formula is C9H18N2. The molecule has 2 N–H and O–H groups in total. The predicted octanol–water partition coefficient (Wildman–Crippen LogP) is 0.738. The smallest absolute Gasteiger partial charge is 0.0309 e. The van der Waals surface area contributed by atoms with Crippen LogP contribution in [0.4, 0.5) is 0 Å². The first-order valence-corrected chi connectivity index (χ1v) is 4.74. The van der Waals surface area contributed by atoms with E-state index in [0.717, 1.165) is 12.5 Å². The third-order valence-corrected chi connectivity index (χ3v) is 3.23. The van der Waals surface area contributed by atoms with Crippen LogP contribution < -0.4 is 10.6 Å². The van der Waals surface area contributed by atoms with Crippen LogP contribution in [-0.4, -0.2) is 25.7 Å². The molecule has 0 aromatic carbocycles. The van der Waals surface area contributed by atoms with Gasteiger partial charge in [0.1, 0.15) is 0 Å². The van der Waals surface area contributed by atoms with Gasteiger partial charge in [-0.1, -0.05) is 6.42 Å². The van der Waals surface area contributed by atoms with Crippen LogP contribution >= 0.6 is 0 Å². The van der Waals surface area contributed by atoms with Crippen LogP contribution in [0.15, 0.2) is 0 Å². The predicted molar refractivity (Wildman–Crippen MR) is 46.6 cm³/mol. The number of hydrogen-bond donors (Lipinski definition) is 2. The standard InChI is InChI=1S/C9H18N2/c1-10-7-9-4-2-3-8(5-9)6-11-9/h8,10-11H,2-7H2,1H3/t8-,9+/m0/s1. The summed E-state index contributed by atoms with van der Waals surface area (Å²) in [5, 5.41) is 6.96. The van der Waals surface area contributed by atoms with E-state index >= 15 is 0 Å². The largest absolute Gasteiger partial charge is 0.318 e. The summed E-state index contributed by atoms with van der Waals surface area (Å²) < 4.78 is 0. The molecule has 0 amide bonds. The SMILES string of the molecule is CNC[C@]12CCC[C@H](CN1)C2. The summed E-state index contributed by atoms with van der Waals surface area (Å²) in [5.41, 5.74) is 0.484. The van der Waals surface area contributed by atoms with Gasteiger partial charge in [0.05, 0.1) is 0 Å². The van der Waals surface area contributed by atoms with Gasteiger partial charge >= 0.3 is 0 Å². The maximum atomic E-state index is 3.67. The minimum absolute atomic E-state index is 0.484. The summed E-state index contributed by atoms with van der Waals surface area (Å²) >= 11 is 0.